The van der Waals surface area contributed by atoms with Crippen LogP contribution in [-0.4, -0.2) is 16.9 Å². The molecule has 2 aromatic rings. The summed E-state index contributed by atoms with van der Waals surface area (Å²) in [6.45, 7) is 0.577. The van der Waals surface area contributed by atoms with Gasteiger partial charge in [-0.1, -0.05) is 0 Å². The van der Waals surface area contributed by atoms with Crippen LogP contribution >= 0.6 is 0 Å². The Balaban J connectivity index is 2.26. The molecule has 0 aliphatic carbocycles. The van der Waals surface area contributed by atoms with Crippen molar-refractivity contribution >= 4 is 11.6 Å². The number of alkyl halides is 3. The lowest BCUT2D eigenvalue weighted by Gasteiger charge is -2.25. The number of benzene rings is 1. The van der Waals surface area contributed by atoms with Crippen LogP contribution in [-0.2, 0) is 12.7 Å². The van der Waals surface area contributed by atoms with Gasteiger partial charge in [-0.3, -0.25) is 14.2 Å². The third-order valence-electron chi connectivity index (χ3n) is 3.80. The molecule has 1 aromatic carbocycles. The number of hydrogen-bond acceptors (Lipinski definition) is 3. The molecule has 3 rings (SSSR count). The first kappa shape index (κ1) is 16.2. The van der Waals surface area contributed by atoms with Crippen LogP contribution in [0.3, 0.4) is 0 Å². The van der Waals surface area contributed by atoms with Crippen LogP contribution in [0.1, 0.15) is 27.9 Å². The fourth-order valence-electron chi connectivity index (χ4n) is 2.70. The smallest absolute Gasteiger partial charge is 0.371 e. The number of halogens is 4. The predicted molar refractivity (Wildman–Crippen MR) is 78.6 cm³/mol. The summed E-state index contributed by atoms with van der Waals surface area (Å²) in [6.07, 6.45) is -4.30. The molecule has 1 aliphatic rings. The van der Waals surface area contributed by atoms with Gasteiger partial charge in [0, 0.05) is 24.7 Å². The zero-order valence-corrected chi connectivity index (χ0v) is 12.3. The van der Waals surface area contributed by atoms with E-state index in [2.05, 4.69) is 5.32 Å². The number of fused-ring (bicyclic) bond motifs is 1. The normalized spacial score (nSPS) is 14.0. The quantitative estimate of drug-likeness (QED) is 0.675. The molecule has 8 heteroatoms. The first-order chi connectivity index (χ1) is 11.3. The zero-order chi connectivity index (χ0) is 17.5. The Morgan fingerprint density at radius 1 is 1.17 bits per heavy atom. The molecule has 126 valence electrons. The molecule has 0 unspecified atom stereocenters. The first-order valence-electron chi connectivity index (χ1n) is 7.18. The number of aromatic nitrogens is 1. The molecule has 2 heterocycles. The van der Waals surface area contributed by atoms with E-state index in [9.17, 15) is 27.2 Å². The van der Waals surface area contributed by atoms with E-state index in [0.717, 1.165) is 28.8 Å². The summed E-state index contributed by atoms with van der Waals surface area (Å²) >= 11 is 0. The summed E-state index contributed by atoms with van der Waals surface area (Å²) in [5, 5.41) is 2.71. The fraction of sp³-hybridized carbons (Fsp3) is 0.250. The van der Waals surface area contributed by atoms with Crippen molar-refractivity contribution in [1.29, 1.82) is 0 Å². The van der Waals surface area contributed by atoms with Gasteiger partial charge in [0.25, 0.3) is 5.56 Å². The first-order valence-corrected chi connectivity index (χ1v) is 7.18. The van der Waals surface area contributed by atoms with Gasteiger partial charge >= 0.3 is 6.18 Å². The van der Waals surface area contributed by atoms with Gasteiger partial charge in [0.15, 0.2) is 5.78 Å². The minimum atomic E-state index is -4.86. The van der Waals surface area contributed by atoms with E-state index in [0.29, 0.717) is 19.0 Å². The summed E-state index contributed by atoms with van der Waals surface area (Å²) in [5.74, 6) is -1.66. The monoisotopic (exact) mass is 340 g/mol. The maximum absolute atomic E-state index is 13.4. The molecule has 1 N–H and O–H groups in total. The summed E-state index contributed by atoms with van der Waals surface area (Å²) in [7, 11) is 0. The van der Waals surface area contributed by atoms with E-state index < -0.39 is 34.5 Å². The van der Waals surface area contributed by atoms with E-state index in [4.69, 9.17) is 0 Å². The van der Waals surface area contributed by atoms with Crippen LogP contribution in [0.2, 0.25) is 0 Å². The van der Waals surface area contributed by atoms with Crippen molar-refractivity contribution in [2.75, 3.05) is 11.9 Å². The molecule has 0 bridgehead atoms. The van der Waals surface area contributed by atoms with E-state index in [1.807, 2.05) is 0 Å². The van der Waals surface area contributed by atoms with Gasteiger partial charge in [-0.2, -0.15) is 13.2 Å². The van der Waals surface area contributed by atoms with E-state index in [1.54, 1.807) is 0 Å². The van der Waals surface area contributed by atoms with Gasteiger partial charge < -0.3 is 5.32 Å². The number of hydrogen-bond donors (Lipinski definition) is 1. The van der Waals surface area contributed by atoms with Gasteiger partial charge in [-0.15, -0.1) is 0 Å². The van der Waals surface area contributed by atoms with Crippen LogP contribution in [0, 0.1) is 5.82 Å². The number of carbonyl (C=O) groups is 1. The number of nitrogens with one attached hydrogen (secondary N) is 1. The Morgan fingerprint density at radius 2 is 1.83 bits per heavy atom. The Bertz CT molecular complexity index is 854. The number of pyridine rings is 1. The van der Waals surface area contributed by atoms with Gasteiger partial charge in [-0.05, 0) is 30.7 Å². The molecular weight excluding hydrogens is 328 g/mol. The number of carbonyl (C=O) groups excluding carboxylic acids is 1. The Morgan fingerprint density at radius 3 is 2.46 bits per heavy atom. The molecular formula is C16H12F4N2O2. The maximum Gasteiger partial charge on any atom is 0.417 e. The second-order valence-corrected chi connectivity index (χ2v) is 5.39. The van der Waals surface area contributed by atoms with Crippen molar-refractivity contribution in [2.24, 2.45) is 0 Å². The maximum atomic E-state index is 13.4. The van der Waals surface area contributed by atoms with E-state index >= 15 is 0 Å². The van der Waals surface area contributed by atoms with Crippen LogP contribution in [0.5, 0.6) is 0 Å². The third-order valence-corrected chi connectivity index (χ3v) is 3.80. The molecule has 24 heavy (non-hydrogen) atoms. The average Bonchev–Trinajstić information content (AvgIpc) is 2.54. The molecule has 0 fully saturated rings. The van der Waals surface area contributed by atoms with Crippen LogP contribution in [0.25, 0.3) is 0 Å². The standard InChI is InChI=1S/C16H12F4N2O2/c17-10-4-2-9(3-5-10)14(24)13-11(16(18,19)20)8-12(23)22-7-1-6-21-15(13)22/h2-5,8,21H,1,6-7H2. The van der Waals surface area contributed by atoms with Crippen LogP contribution in [0.4, 0.5) is 23.4 Å². The van der Waals surface area contributed by atoms with Crippen LogP contribution in [0.15, 0.2) is 35.1 Å². The molecule has 0 saturated carbocycles. The zero-order valence-electron chi connectivity index (χ0n) is 12.3. The topological polar surface area (TPSA) is 51.1 Å². The van der Waals surface area contributed by atoms with Crippen molar-refractivity contribution in [1.82, 2.24) is 4.57 Å². The highest BCUT2D eigenvalue weighted by Crippen LogP contribution is 2.36. The second-order valence-electron chi connectivity index (χ2n) is 5.39. The summed E-state index contributed by atoms with van der Waals surface area (Å²) in [5.41, 5.74) is -2.81. The number of nitrogens with zero attached hydrogens (tertiary/aromatic N) is 1. The van der Waals surface area contributed by atoms with Crippen molar-refractivity contribution in [3.8, 4) is 0 Å². The molecule has 4 nitrogen and oxygen atoms in total. The lowest BCUT2D eigenvalue weighted by molar-refractivity contribution is -0.138. The fourth-order valence-corrected chi connectivity index (χ4v) is 2.70. The van der Waals surface area contributed by atoms with Crippen molar-refractivity contribution < 1.29 is 22.4 Å². The SMILES string of the molecule is O=C(c1ccc(F)cc1)c1c(C(F)(F)F)cc(=O)n2c1NCCC2. The minimum Gasteiger partial charge on any atom is -0.371 e. The van der Waals surface area contributed by atoms with Crippen LogP contribution < -0.4 is 10.9 Å². The lowest BCUT2D eigenvalue weighted by atomic mass is 9.97. The molecule has 1 aliphatic heterocycles. The molecule has 1 aromatic heterocycles. The summed E-state index contributed by atoms with van der Waals surface area (Å²) in [4.78, 5) is 24.6. The summed E-state index contributed by atoms with van der Waals surface area (Å²) < 4.78 is 54.2. The van der Waals surface area contributed by atoms with E-state index in [1.165, 1.54) is 0 Å². The molecule has 0 amide bonds. The Labute approximate surface area is 133 Å². The Hall–Kier alpha value is -2.64. The lowest BCUT2D eigenvalue weighted by Crippen LogP contribution is -2.33. The molecule has 0 radical (unpaired) electrons. The van der Waals surface area contributed by atoms with Crippen molar-refractivity contribution in [2.45, 2.75) is 19.1 Å². The van der Waals surface area contributed by atoms with Gasteiger partial charge in [0.1, 0.15) is 11.6 Å². The van der Waals surface area contributed by atoms with Gasteiger partial charge in [-0.25, -0.2) is 4.39 Å². The van der Waals surface area contributed by atoms with E-state index in [-0.39, 0.29) is 17.9 Å². The number of ketones is 1. The van der Waals surface area contributed by atoms with Gasteiger partial charge in [0.2, 0.25) is 0 Å². The highest BCUT2D eigenvalue weighted by molar-refractivity contribution is 6.13. The largest absolute Gasteiger partial charge is 0.417 e. The second kappa shape index (κ2) is 5.77. The average molecular weight is 340 g/mol. The highest BCUT2D eigenvalue weighted by atomic mass is 19.4. The number of rotatable bonds is 2. The highest BCUT2D eigenvalue weighted by Gasteiger charge is 2.39. The Kier molecular flexibility index (Phi) is 3.90. The third kappa shape index (κ3) is 2.79. The number of anilines is 1. The summed E-state index contributed by atoms with van der Waals surface area (Å²) in [6, 6.07) is 4.66. The molecule has 0 atom stereocenters. The predicted octanol–water partition coefficient (Wildman–Crippen LogP) is 3.05. The van der Waals surface area contributed by atoms with Crippen molar-refractivity contribution in [3.63, 3.8) is 0 Å². The molecule has 0 spiro atoms. The minimum absolute atomic E-state index is 0.0873. The van der Waals surface area contributed by atoms with Gasteiger partial charge in [0.05, 0.1) is 11.1 Å². The molecule has 0 saturated heterocycles. The van der Waals surface area contributed by atoms with Crippen molar-refractivity contribution in [3.05, 3.63) is 63.2 Å².